The summed E-state index contributed by atoms with van der Waals surface area (Å²) in [5.74, 6) is 0. The minimum atomic E-state index is 0.122. The molecule has 1 aliphatic heterocycles. The number of pyridine rings is 1. The van der Waals surface area contributed by atoms with Crippen molar-refractivity contribution in [2.24, 2.45) is 0 Å². The van der Waals surface area contributed by atoms with E-state index in [9.17, 15) is 0 Å². The Balaban J connectivity index is 2.01. The number of nitrogens with one attached hydrogen (secondary N) is 1. The molecular weight excluding hydrogens is 274 g/mol. The summed E-state index contributed by atoms with van der Waals surface area (Å²) in [5.41, 5.74) is 1.03. The van der Waals surface area contributed by atoms with Gasteiger partial charge in [0.25, 0.3) is 0 Å². The first-order chi connectivity index (χ1) is 9.16. The second kappa shape index (κ2) is 4.90. The summed E-state index contributed by atoms with van der Waals surface area (Å²) >= 11 is 7.21. The zero-order chi connectivity index (χ0) is 13.4. The quantitative estimate of drug-likeness (QED) is 0.860. The summed E-state index contributed by atoms with van der Waals surface area (Å²) in [5, 5.41) is 4.16. The van der Waals surface area contributed by atoms with Crippen molar-refractivity contribution >= 4 is 28.7 Å². The standard InChI is InChI=1S/C14H15N3S2/c1-9-6-7-11(19-9)13-12(16-14(18)17(13)2)10-5-3-4-8-15-10/h3-8,12-13H,1-2H3,(H,16,18)/t12-,13+/m1/s1. The van der Waals surface area contributed by atoms with Gasteiger partial charge in [0.15, 0.2) is 5.11 Å². The molecule has 2 aromatic rings. The van der Waals surface area contributed by atoms with E-state index in [4.69, 9.17) is 12.2 Å². The van der Waals surface area contributed by atoms with E-state index in [0.717, 1.165) is 10.8 Å². The lowest BCUT2D eigenvalue weighted by molar-refractivity contribution is 0.374. The zero-order valence-electron chi connectivity index (χ0n) is 10.8. The molecular formula is C14H15N3S2. The van der Waals surface area contributed by atoms with Crippen LogP contribution in [0.2, 0.25) is 0 Å². The first kappa shape index (κ1) is 12.6. The lowest BCUT2D eigenvalue weighted by atomic mass is 10.0. The smallest absolute Gasteiger partial charge is 0.169 e. The van der Waals surface area contributed by atoms with Gasteiger partial charge in [0, 0.05) is 23.0 Å². The van der Waals surface area contributed by atoms with Gasteiger partial charge in [-0.25, -0.2) is 0 Å². The van der Waals surface area contributed by atoms with Crippen LogP contribution in [0.4, 0.5) is 0 Å². The van der Waals surface area contributed by atoms with Gasteiger partial charge in [-0.1, -0.05) is 6.07 Å². The molecule has 3 rings (SSSR count). The molecule has 1 saturated heterocycles. The molecule has 0 saturated carbocycles. The molecule has 1 aliphatic rings. The van der Waals surface area contributed by atoms with Crippen LogP contribution in [0.15, 0.2) is 36.5 Å². The third-order valence-corrected chi connectivity index (χ3v) is 4.87. The third kappa shape index (κ3) is 2.24. The maximum atomic E-state index is 5.39. The summed E-state index contributed by atoms with van der Waals surface area (Å²) in [6, 6.07) is 10.7. The van der Waals surface area contributed by atoms with Gasteiger partial charge in [-0.15, -0.1) is 11.3 Å². The highest BCUT2D eigenvalue weighted by molar-refractivity contribution is 7.80. The number of hydrogen-bond acceptors (Lipinski definition) is 3. The highest BCUT2D eigenvalue weighted by atomic mass is 32.1. The van der Waals surface area contributed by atoms with E-state index < -0.39 is 0 Å². The minimum Gasteiger partial charge on any atom is -0.352 e. The Morgan fingerprint density at radius 1 is 1.32 bits per heavy atom. The molecule has 0 aromatic carbocycles. The van der Waals surface area contributed by atoms with Crippen molar-refractivity contribution in [3.05, 3.63) is 52.0 Å². The fourth-order valence-corrected chi connectivity index (χ4v) is 3.73. The van der Waals surface area contributed by atoms with E-state index in [1.165, 1.54) is 9.75 Å². The summed E-state index contributed by atoms with van der Waals surface area (Å²) < 4.78 is 0. The monoisotopic (exact) mass is 289 g/mol. The lowest BCUT2D eigenvalue weighted by Crippen LogP contribution is -2.24. The number of aryl methyl sites for hydroxylation is 1. The van der Waals surface area contributed by atoms with Gasteiger partial charge in [-0.3, -0.25) is 4.98 Å². The second-order valence-electron chi connectivity index (χ2n) is 4.69. The molecule has 98 valence electrons. The first-order valence-corrected chi connectivity index (χ1v) is 7.40. The zero-order valence-corrected chi connectivity index (χ0v) is 12.5. The predicted octanol–water partition coefficient (Wildman–Crippen LogP) is 3.05. The Morgan fingerprint density at radius 2 is 2.16 bits per heavy atom. The van der Waals surface area contributed by atoms with Crippen LogP contribution in [0, 0.1) is 6.92 Å². The van der Waals surface area contributed by atoms with Gasteiger partial charge < -0.3 is 10.2 Å². The molecule has 3 heterocycles. The largest absolute Gasteiger partial charge is 0.352 e. The van der Waals surface area contributed by atoms with Crippen LogP contribution < -0.4 is 5.32 Å². The second-order valence-corrected chi connectivity index (χ2v) is 6.39. The molecule has 0 aliphatic carbocycles. The van der Waals surface area contributed by atoms with Crippen molar-refractivity contribution in [1.29, 1.82) is 0 Å². The van der Waals surface area contributed by atoms with Crippen LogP contribution in [0.3, 0.4) is 0 Å². The van der Waals surface area contributed by atoms with E-state index in [2.05, 4.69) is 34.3 Å². The number of nitrogens with zero attached hydrogens (tertiary/aromatic N) is 2. The van der Waals surface area contributed by atoms with Crippen LogP contribution in [0.25, 0.3) is 0 Å². The number of likely N-dealkylation sites (N-methyl/N-ethyl adjacent to an activating group) is 1. The first-order valence-electron chi connectivity index (χ1n) is 6.17. The van der Waals surface area contributed by atoms with E-state index in [0.29, 0.717) is 0 Å². The molecule has 19 heavy (non-hydrogen) atoms. The molecule has 1 N–H and O–H groups in total. The molecule has 0 radical (unpaired) electrons. The van der Waals surface area contributed by atoms with Crippen LogP contribution in [-0.2, 0) is 0 Å². The highest BCUT2D eigenvalue weighted by Crippen LogP contribution is 2.39. The molecule has 2 aromatic heterocycles. The Bertz CT molecular complexity index is 594. The van der Waals surface area contributed by atoms with Crippen molar-refractivity contribution in [2.75, 3.05) is 7.05 Å². The average molecular weight is 289 g/mol. The van der Waals surface area contributed by atoms with Gasteiger partial charge in [0.05, 0.1) is 17.8 Å². The maximum absolute atomic E-state index is 5.39. The third-order valence-electron chi connectivity index (χ3n) is 3.39. The van der Waals surface area contributed by atoms with Gasteiger partial charge in [-0.05, 0) is 43.4 Å². The van der Waals surface area contributed by atoms with Gasteiger partial charge in [0.2, 0.25) is 0 Å². The Kier molecular flexibility index (Phi) is 3.24. The number of thiocarbonyl (C=S) groups is 1. The fourth-order valence-electron chi connectivity index (χ4n) is 2.43. The number of rotatable bonds is 2. The lowest BCUT2D eigenvalue weighted by Gasteiger charge is -2.22. The van der Waals surface area contributed by atoms with Crippen LogP contribution in [0.5, 0.6) is 0 Å². The molecule has 2 atom stereocenters. The van der Waals surface area contributed by atoms with Crippen molar-refractivity contribution < 1.29 is 0 Å². The molecule has 0 bridgehead atoms. The number of thiophene rings is 1. The van der Waals surface area contributed by atoms with Crippen LogP contribution in [0.1, 0.15) is 27.5 Å². The predicted molar refractivity (Wildman–Crippen MR) is 82.3 cm³/mol. The van der Waals surface area contributed by atoms with Crippen LogP contribution in [-0.4, -0.2) is 22.0 Å². The van der Waals surface area contributed by atoms with Crippen molar-refractivity contribution in [3.8, 4) is 0 Å². The van der Waals surface area contributed by atoms with Crippen molar-refractivity contribution in [2.45, 2.75) is 19.0 Å². The van der Waals surface area contributed by atoms with Crippen LogP contribution >= 0.6 is 23.6 Å². The Labute approximate surface area is 122 Å². The summed E-state index contributed by atoms with van der Waals surface area (Å²) in [6.07, 6.45) is 1.83. The molecule has 0 unspecified atom stereocenters. The van der Waals surface area contributed by atoms with E-state index in [1.807, 2.05) is 42.8 Å². The van der Waals surface area contributed by atoms with E-state index >= 15 is 0 Å². The SMILES string of the molecule is Cc1ccc([C@H]2[C@@H](c3ccccn3)NC(=S)N2C)s1. The van der Waals surface area contributed by atoms with E-state index in [1.54, 1.807) is 0 Å². The topological polar surface area (TPSA) is 28.2 Å². The fraction of sp³-hybridized carbons (Fsp3) is 0.286. The molecule has 0 spiro atoms. The minimum absolute atomic E-state index is 0.122. The molecule has 3 nitrogen and oxygen atoms in total. The summed E-state index contributed by atoms with van der Waals surface area (Å²) in [7, 11) is 2.04. The van der Waals surface area contributed by atoms with Gasteiger partial charge in [-0.2, -0.15) is 0 Å². The van der Waals surface area contributed by atoms with Gasteiger partial charge >= 0.3 is 0 Å². The highest BCUT2D eigenvalue weighted by Gasteiger charge is 2.38. The van der Waals surface area contributed by atoms with Crippen molar-refractivity contribution in [1.82, 2.24) is 15.2 Å². The summed E-state index contributed by atoms with van der Waals surface area (Å²) in [6.45, 7) is 2.13. The number of aromatic nitrogens is 1. The summed E-state index contributed by atoms with van der Waals surface area (Å²) in [4.78, 5) is 9.24. The van der Waals surface area contributed by atoms with Gasteiger partial charge in [0.1, 0.15) is 0 Å². The molecule has 0 amide bonds. The van der Waals surface area contributed by atoms with Crippen molar-refractivity contribution in [3.63, 3.8) is 0 Å². The number of hydrogen-bond donors (Lipinski definition) is 1. The average Bonchev–Trinajstić information content (AvgIpc) is 2.96. The maximum Gasteiger partial charge on any atom is 0.169 e. The Hall–Kier alpha value is -1.46. The molecule has 1 fully saturated rings. The van der Waals surface area contributed by atoms with E-state index in [-0.39, 0.29) is 12.1 Å². The Morgan fingerprint density at radius 3 is 2.79 bits per heavy atom. The molecule has 5 heteroatoms. The normalized spacial score (nSPS) is 22.6.